The number of benzene rings is 1. The minimum atomic E-state index is -1.09. The Hall–Kier alpha value is -1.69. The van der Waals surface area contributed by atoms with Gasteiger partial charge in [-0.15, -0.1) is 0 Å². The van der Waals surface area contributed by atoms with Crippen molar-refractivity contribution in [1.29, 1.82) is 0 Å². The summed E-state index contributed by atoms with van der Waals surface area (Å²) in [5, 5.41) is 9.24. The molecule has 0 unspecified atom stereocenters. The maximum absolute atomic E-state index is 11.6. The smallest absolute Gasteiger partial charge is 0.326 e. The van der Waals surface area contributed by atoms with Gasteiger partial charge in [0.1, 0.15) is 6.04 Å². The number of ketones is 1. The van der Waals surface area contributed by atoms with Gasteiger partial charge >= 0.3 is 5.97 Å². The maximum Gasteiger partial charge on any atom is 0.326 e. The maximum atomic E-state index is 11.6. The number of carboxylic acid groups (broad SMARTS) is 1. The van der Waals surface area contributed by atoms with Crippen LogP contribution in [0.5, 0.6) is 0 Å². The van der Waals surface area contributed by atoms with E-state index in [-0.39, 0.29) is 25.2 Å². The van der Waals surface area contributed by atoms with E-state index in [4.69, 9.17) is 0 Å². The predicted molar refractivity (Wildman–Crippen MR) is 70.6 cm³/mol. The summed E-state index contributed by atoms with van der Waals surface area (Å²) in [5.41, 5.74) is 0.808. The van der Waals surface area contributed by atoms with Crippen molar-refractivity contribution in [3.63, 3.8) is 0 Å². The molecule has 0 aliphatic carbocycles. The number of hydrogen-bond donors (Lipinski definition) is 1. The third-order valence-electron chi connectivity index (χ3n) is 3.02. The predicted octanol–water partition coefficient (Wildman–Crippen LogP) is 1.25. The number of carbonyl (C=O) groups excluding carboxylic acids is 2. The third-order valence-corrected chi connectivity index (χ3v) is 3.55. The van der Waals surface area contributed by atoms with E-state index in [0.29, 0.717) is 0 Å². The van der Waals surface area contributed by atoms with Crippen molar-refractivity contribution in [3.05, 3.63) is 34.3 Å². The van der Waals surface area contributed by atoms with Crippen LogP contribution in [0.25, 0.3) is 0 Å². The van der Waals surface area contributed by atoms with Crippen molar-refractivity contribution in [1.82, 2.24) is 4.90 Å². The van der Waals surface area contributed by atoms with Crippen LogP contribution >= 0.6 is 15.9 Å². The number of hydrogen-bond acceptors (Lipinski definition) is 3. The highest BCUT2D eigenvalue weighted by Gasteiger charge is 2.36. The van der Waals surface area contributed by atoms with Gasteiger partial charge in [-0.1, -0.05) is 28.1 Å². The first kappa shape index (κ1) is 13.7. The quantitative estimate of drug-likeness (QED) is 0.845. The molecule has 19 heavy (non-hydrogen) atoms. The lowest BCUT2D eigenvalue weighted by molar-refractivity contribution is -0.148. The summed E-state index contributed by atoms with van der Waals surface area (Å²) in [5.74, 6) is -1.73. The molecule has 1 heterocycles. The van der Waals surface area contributed by atoms with Crippen LogP contribution in [0, 0.1) is 0 Å². The Morgan fingerprint density at radius 1 is 1.32 bits per heavy atom. The third kappa shape index (κ3) is 3.20. The molecule has 0 radical (unpaired) electrons. The number of rotatable bonds is 4. The molecule has 1 aromatic rings. The minimum Gasteiger partial charge on any atom is -0.480 e. The van der Waals surface area contributed by atoms with Gasteiger partial charge in [0.15, 0.2) is 5.78 Å². The molecule has 1 N–H and O–H groups in total. The SMILES string of the molecule is O=C1CC(=O)N([C@@H](Cc2ccc(Br)cc2)C(=O)O)C1. The average molecular weight is 326 g/mol. The van der Waals surface area contributed by atoms with Gasteiger partial charge in [0.05, 0.1) is 13.0 Å². The minimum absolute atomic E-state index is 0.105. The van der Waals surface area contributed by atoms with E-state index in [9.17, 15) is 19.5 Å². The highest BCUT2D eigenvalue weighted by atomic mass is 79.9. The van der Waals surface area contributed by atoms with Crippen LogP contribution < -0.4 is 0 Å². The normalized spacial score (nSPS) is 16.8. The molecule has 1 aliphatic rings. The first-order chi connectivity index (χ1) is 8.97. The molecule has 0 saturated carbocycles. The molecule has 1 aliphatic heterocycles. The van der Waals surface area contributed by atoms with Crippen molar-refractivity contribution in [2.45, 2.75) is 18.9 Å². The molecular formula is C13H12BrNO4. The molecule has 1 fully saturated rings. The van der Waals surface area contributed by atoms with E-state index in [1.807, 2.05) is 12.1 Å². The van der Waals surface area contributed by atoms with Gasteiger partial charge in [-0.05, 0) is 17.7 Å². The lowest BCUT2D eigenvalue weighted by atomic mass is 10.1. The van der Waals surface area contributed by atoms with Crippen molar-refractivity contribution in [2.75, 3.05) is 6.54 Å². The Balaban J connectivity index is 2.17. The zero-order chi connectivity index (χ0) is 14.0. The molecule has 0 aromatic heterocycles. The number of aliphatic carboxylic acids is 1. The molecule has 1 atom stereocenters. The second-order valence-electron chi connectivity index (χ2n) is 4.42. The van der Waals surface area contributed by atoms with Gasteiger partial charge in [0.25, 0.3) is 0 Å². The second kappa shape index (κ2) is 5.52. The van der Waals surface area contributed by atoms with Gasteiger partial charge in [0, 0.05) is 10.9 Å². The van der Waals surface area contributed by atoms with Crippen LogP contribution in [0.4, 0.5) is 0 Å². The molecule has 0 spiro atoms. The van der Waals surface area contributed by atoms with Gasteiger partial charge in [0.2, 0.25) is 5.91 Å². The number of likely N-dealkylation sites (tertiary alicyclic amines) is 1. The van der Waals surface area contributed by atoms with Crippen molar-refractivity contribution in [2.24, 2.45) is 0 Å². The molecule has 5 nitrogen and oxygen atoms in total. The first-order valence-electron chi connectivity index (χ1n) is 5.76. The number of carboxylic acids is 1. The largest absolute Gasteiger partial charge is 0.480 e. The Bertz CT molecular complexity index is 526. The summed E-state index contributed by atoms with van der Waals surface area (Å²) in [6, 6.07) is 6.22. The summed E-state index contributed by atoms with van der Waals surface area (Å²) in [7, 11) is 0. The monoisotopic (exact) mass is 325 g/mol. The Kier molecular flexibility index (Phi) is 3.99. The summed E-state index contributed by atoms with van der Waals surface area (Å²) >= 11 is 3.30. The highest BCUT2D eigenvalue weighted by molar-refractivity contribution is 9.10. The lowest BCUT2D eigenvalue weighted by Crippen LogP contribution is -2.43. The van der Waals surface area contributed by atoms with Gasteiger partial charge in [-0.25, -0.2) is 4.79 Å². The number of halogens is 1. The van der Waals surface area contributed by atoms with E-state index >= 15 is 0 Å². The molecule has 1 amide bonds. The van der Waals surface area contributed by atoms with E-state index in [0.717, 1.165) is 14.9 Å². The van der Waals surface area contributed by atoms with Crippen molar-refractivity contribution in [3.8, 4) is 0 Å². The average Bonchev–Trinajstić information content (AvgIpc) is 2.67. The Morgan fingerprint density at radius 2 is 1.95 bits per heavy atom. The fourth-order valence-corrected chi connectivity index (χ4v) is 2.33. The van der Waals surface area contributed by atoms with Crippen LogP contribution in [0.15, 0.2) is 28.7 Å². The van der Waals surface area contributed by atoms with Crippen LogP contribution in [-0.2, 0) is 20.8 Å². The van der Waals surface area contributed by atoms with E-state index < -0.39 is 17.9 Å². The van der Waals surface area contributed by atoms with Crippen molar-refractivity contribution >= 4 is 33.6 Å². The Morgan fingerprint density at radius 3 is 2.42 bits per heavy atom. The number of nitrogens with zero attached hydrogens (tertiary/aromatic N) is 1. The van der Waals surface area contributed by atoms with Crippen LogP contribution in [0.2, 0.25) is 0 Å². The standard InChI is InChI=1S/C13H12BrNO4/c14-9-3-1-8(2-4-9)5-11(13(18)19)15-7-10(16)6-12(15)17/h1-4,11H,5-7H2,(H,18,19)/t11-/m0/s1. The molecule has 100 valence electrons. The number of Topliss-reactive ketones (excluding diaryl/α,β-unsaturated/α-hetero) is 1. The van der Waals surface area contributed by atoms with Gasteiger partial charge in [-0.2, -0.15) is 0 Å². The number of carbonyl (C=O) groups is 3. The molecule has 0 bridgehead atoms. The van der Waals surface area contributed by atoms with Crippen LogP contribution in [0.1, 0.15) is 12.0 Å². The van der Waals surface area contributed by atoms with Crippen molar-refractivity contribution < 1.29 is 19.5 Å². The number of amides is 1. The summed E-state index contributed by atoms with van der Waals surface area (Å²) in [6.07, 6.45) is 0.00571. The molecular weight excluding hydrogens is 314 g/mol. The molecule has 1 saturated heterocycles. The van der Waals surface area contributed by atoms with Crippen LogP contribution in [0.3, 0.4) is 0 Å². The summed E-state index contributed by atoms with van der Waals surface area (Å²) in [4.78, 5) is 35.3. The Labute approximate surface area is 118 Å². The van der Waals surface area contributed by atoms with Crippen LogP contribution in [-0.4, -0.2) is 40.3 Å². The molecule has 6 heteroatoms. The molecule has 2 rings (SSSR count). The summed E-state index contributed by atoms with van der Waals surface area (Å²) < 4.78 is 0.899. The second-order valence-corrected chi connectivity index (χ2v) is 5.34. The topological polar surface area (TPSA) is 74.7 Å². The molecule has 1 aromatic carbocycles. The van der Waals surface area contributed by atoms with Gasteiger partial charge in [-0.3, -0.25) is 9.59 Å². The fourth-order valence-electron chi connectivity index (χ4n) is 2.06. The van der Waals surface area contributed by atoms with E-state index in [1.165, 1.54) is 0 Å². The fraction of sp³-hybridized carbons (Fsp3) is 0.308. The zero-order valence-electron chi connectivity index (χ0n) is 10.0. The lowest BCUT2D eigenvalue weighted by Gasteiger charge is -2.23. The first-order valence-corrected chi connectivity index (χ1v) is 6.55. The zero-order valence-corrected chi connectivity index (χ0v) is 11.6. The van der Waals surface area contributed by atoms with Gasteiger partial charge < -0.3 is 10.0 Å². The highest BCUT2D eigenvalue weighted by Crippen LogP contribution is 2.17. The van der Waals surface area contributed by atoms with E-state index in [1.54, 1.807) is 12.1 Å². The summed E-state index contributed by atoms with van der Waals surface area (Å²) in [6.45, 7) is -0.105. The van der Waals surface area contributed by atoms with E-state index in [2.05, 4.69) is 15.9 Å².